The number of rotatable bonds is 8. The molecule has 0 bridgehead atoms. The highest BCUT2D eigenvalue weighted by Gasteiger charge is 2.33. The standard InChI is InChI=1S/C13H25N3O3/c1-4-7-13(2,11(17)18)15-12(19)14-8-9-16(3)10-5-6-10/h10H,4-9H2,1-3H3,(H,17,18)(H2,14,15,19). The molecule has 1 rings (SSSR count). The molecule has 1 aliphatic rings. The van der Waals surface area contributed by atoms with Crippen molar-refractivity contribution in [1.29, 1.82) is 0 Å². The fourth-order valence-corrected chi connectivity index (χ4v) is 2.06. The van der Waals surface area contributed by atoms with Crippen molar-refractivity contribution in [3.05, 3.63) is 0 Å². The molecule has 1 unspecified atom stereocenters. The van der Waals surface area contributed by atoms with Crippen molar-refractivity contribution >= 4 is 12.0 Å². The summed E-state index contributed by atoms with van der Waals surface area (Å²) in [6.45, 7) is 4.75. The first-order valence-corrected chi connectivity index (χ1v) is 6.88. The Morgan fingerprint density at radius 2 is 2.05 bits per heavy atom. The topological polar surface area (TPSA) is 81.7 Å². The molecule has 0 heterocycles. The minimum Gasteiger partial charge on any atom is -0.480 e. The second kappa shape index (κ2) is 6.75. The lowest BCUT2D eigenvalue weighted by molar-refractivity contribution is -0.144. The van der Waals surface area contributed by atoms with Gasteiger partial charge in [0.15, 0.2) is 0 Å². The van der Waals surface area contributed by atoms with Crippen molar-refractivity contribution in [1.82, 2.24) is 15.5 Å². The number of nitrogens with one attached hydrogen (secondary N) is 2. The number of hydrogen-bond acceptors (Lipinski definition) is 3. The van der Waals surface area contributed by atoms with Crippen molar-refractivity contribution in [3.63, 3.8) is 0 Å². The zero-order valence-electron chi connectivity index (χ0n) is 12.0. The number of carboxylic acid groups (broad SMARTS) is 1. The monoisotopic (exact) mass is 271 g/mol. The lowest BCUT2D eigenvalue weighted by Gasteiger charge is -2.26. The van der Waals surface area contributed by atoms with Crippen LogP contribution in [-0.2, 0) is 4.79 Å². The maximum absolute atomic E-state index is 11.7. The molecule has 0 spiro atoms. The predicted octanol–water partition coefficient (Wildman–Crippen LogP) is 1.02. The van der Waals surface area contributed by atoms with Crippen LogP contribution in [0.5, 0.6) is 0 Å². The number of hydrogen-bond donors (Lipinski definition) is 3. The van der Waals surface area contributed by atoms with E-state index in [2.05, 4.69) is 15.5 Å². The van der Waals surface area contributed by atoms with E-state index in [4.69, 9.17) is 5.11 Å². The molecule has 0 aromatic carbocycles. The molecule has 6 nitrogen and oxygen atoms in total. The normalized spacial score (nSPS) is 17.9. The minimum atomic E-state index is -1.19. The van der Waals surface area contributed by atoms with Crippen LogP contribution in [0.4, 0.5) is 4.79 Å². The zero-order chi connectivity index (χ0) is 14.5. The van der Waals surface area contributed by atoms with Gasteiger partial charge < -0.3 is 20.6 Å². The van der Waals surface area contributed by atoms with Crippen LogP contribution in [0.2, 0.25) is 0 Å². The van der Waals surface area contributed by atoms with E-state index < -0.39 is 17.5 Å². The molecule has 6 heteroatoms. The van der Waals surface area contributed by atoms with E-state index in [0.717, 1.165) is 6.54 Å². The summed E-state index contributed by atoms with van der Waals surface area (Å²) in [7, 11) is 2.04. The van der Waals surface area contributed by atoms with Crippen LogP contribution in [0.1, 0.15) is 39.5 Å². The Balaban J connectivity index is 2.29. The van der Waals surface area contributed by atoms with Gasteiger partial charge in [0.1, 0.15) is 5.54 Å². The van der Waals surface area contributed by atoms with Crippen molar-refractivity contribution in [2.45, 2.75) is 51.1 Å². The van der Waals surface area contributed by atoms with Gasteiger partial charge >= 0.3 is 12.0 Å². The zero-order valence-corrected chi connectivity index (χ0v) is 12.0. The second-order valence-electron chi connectivity index (χ2n) is 5.48. The third kappa shape index (κ3) is 5.06. The molecule has 0 radical (unpaired) electrons. The number of carbonyl (C=O) groups is 2. The Morgan fingerprint density at radius 1 is 1.42 bits per heavy atom. The molecular weight excluding hydrogens is 246 g/mol. The maximum Gasteiger partial charge on any atom is 0.329 e. The van der Waals surface area contributed by atoms with Gasteiger partial charge in [0.2, 0.25) is 0 Å². The number of carbonyl (C=O) groups excluding carboxylic acids is 1. The molecule has 19 heavy (non-hydrogen) atoms. The van der Waals surface area contributed by atoms with Crippen molar-refractivity contribution in [3.8, 4) is 0 Å². The Labute approximate surface area is 114 Å². The van der Waals surface area contributed by atoms with Crippen LogP contribution in [0.3, 0.4) is 0 Å². The summed E-state index contributed by atoms with van der Waals surface area (Å²) >= 11 is 0. The Morgan fingerprint density at radius 3 is 2.53 bits per heavy atom. The number of carboxylic acids is 1. The van der Waals surface area contributed by atoms with E-state index in [1.165, 1.54) is 19.8 Å². The van der Waals surface area contributed by atoms with Crippen molar-refractivity contribution in [2.24, 2.45) is 0 Å². The van der Waals surface area contributed by atoms with Crippen LogP contribution >= 0.6 is 0 Å². The van der Waals surface area contributed by atoms with Gasteiger partial charge in [-0.25, -0.2) is 9.59 Å². The molecule has 1 atom stereocenters. The van der Waals surface area contributed by atoms with Gasteiger partial charge in [0.05, 0.1) is 0 Å². The second-order valence-corrected chi connectivity index (χ2v) is 5.48. The van der Waals surface area contributed by atoms with Crippen molar-refractivity contribution in [2.75, 3.05) is 20.1 Å². The molecule has 0 aromatic rings. The summed E-state index contributed by atoms with van der Waals surface area (Å²) in [4.78, 5) is 25.1. The fraction of sp³-hybridized carbons (Fsp3) is 0.846. The summed E-state index contributed by atoms with van der Waals surface area (Å²) < 4.78 is 0. The van der Waals surface area contributed by atoms with Crippen LogP contribution in [0.15, 0.2) is 0 Å². The minimum absolute atomic E-state index is 0.414. The molecule has 110 valence electrons. The average Bonchev–Trinajstić information content (AvgIpc) is 3.12. The lowest BCUT2D eigenvalue weighted by atomic mass is 9.97. The third-order valence-corrected chi connectivity index (χ3v) is 3.53. The van der Waals surface area contributed by atoms with Gasteiger partial charge in [-0.05, 0) is 33.2 Å². The summed E-state index contributed by atoms with van der Waals surface area (Å²) in [5.41, 5.74) is -1.19. The molecule has 0 aliphatic heterocycles. The van der Waals surface area contributed by atoms with Gasteiger partial charge in [-0.15, -0.1) is 0 Å². The largest absolute Gasteiger partial charge is 0.480 e. The molecule has 0 saturated heterocycles. The molecule has 2 amide bonds. The summed E-state index contributed by atoms with van der Waals surface area (Å²) in [6, 6.07) is 0.247. The smallest absolute Gasteiger partial charge is 0.329 e. The number of urea groups is 1. The SMILES string of the molecule is CCCC(C)(NC(=O)NCCN(C)C1CC1)C(=O)O. The van der Waals surface area contributed by atoms with Crippen LogP contribution in [-0.4, -0.2) is 53.7 Å². The van der Waals surface area contributed by atoms with Gasteiger partial charge in [-0.2, -0.15) is 0 Å². The molecule has 0 aromatic heterocycles. The van der Waals surface area contributed by atoms with Crippen LogP contribution in [0, 0.1) is 0 Å². The number of nitrogens with zero attached hydrogens (tertiary/aromatic N) is 1. The van der Waals surface area contributed by atoms with Gasteiger partial charge in [-0.1, -0.05) is 13.3 Å². The first-order valence-electron chi connectivity index (χ1n) is 6.88. The molecule has 1 fully saturated rings. The van der Waals surface area contributed by atoms with Crippen LogP contribution in [0.25, 0.3) is 0 Å². The highest BCUT2D eigenvalue weighted by Crippen LogP contribution is 2.24. The fourth-order valence-electron chi connectivity index (χ4n) is 2.06. The Kier molecular flexibility index (Phi) is 5.60. The first-order chi connectivity index (χ1) is 8.89. The number of aliphatic carboxylic acids is 1. The van der Waals surface area contributed by atoms with Crippen molar-refractivity contribution < 1.29 is 14.7 Å². The summed E-state index contributed by atoms with van der Waals surface area (Å²) in [6.07, 6.45) is 3.58. The van der Waals surface area contributed by atoms with Gasteiger partial charge in [-0.3, -0.25) is 0 Å². The lowest BCUT2D eigenvalue weighted by Crippen LogP contribution is -2.55. The Hall–Kier alpha value is -1.30. The van der Waals surface area contributed by atoms with Gasteiger partial charge in [0.25, 0.3) is 0 Å². The molecular formula is C13H25N3O3. The van der Waals surface area contributed by atoms with E-state index >= 15 is 0 Å². The van der Waals surface area contributed by atoms with E-state index in [1.54, 1.807) is 0 Å². The Bertz CT molecular complexity index is 331. The first kappa shape index (κ1) is 15.8. The number of likely N-dealkylation sites (N-methyl/N-ethyl adjacent to an activating group) is 1. The highest BCUT2D eigenvalue weighted by atomic mass is 16.4. The summed E-state index contributed by atoms with van der Waals surface area (Å²) in [5.74, 6) is -1.00. The van der Waals surface area contributed by atoms with Gasteiger partial charge in [0, 0.05) is 19.1 Å². The summed E-state index contributed by atoms with van der Waals surface area (Å²) in [5, 5.41) is 14.4. The predicted molar refractivity (Wildman–Crippen MR) is 73.1 cm³/mol. The molecule has 3 N–H and O–H groups in total. The van der Waals surface area contributed by atoms with Crippen LogP contribution < -0.4 is 10.6 Å². The maximum atomic E-state index is 11.7. The van der Waals surface area contributed by atoms with E-state index in [1.807, 2.05) is 14.0 Å². The molecule has 1 saturated carbocycles. The quantitative estimate of drug-likeness (QED) is 0.615. The van der Waals surface area contributed by atoms with E-state index in [9.17, 15) is 9.59 Å². The number of amides is 2. The highest BCUT2D eigenvalue weighted by molar-refractivity contribution is 5.85. The molecule has 1 aliphatic carbocycles. The van der Waals surface area contributed by atoms with E-state index in [-0.39, 0.29) is 0 Å². The average molecular weight is 271 g/mol. The third-order valence-electron chi connectivity index (χ3n) is 3.53. The van der Waals surface area contributed by atoms with E-state index in [0.29, 0.717) is 25.4 Å².